The molecule has 0 spiro atoms. The molecule has 10 heavy (non-hydrogen) atoms. The van der Waals surface area contributed by atoms with E-state index in [4.69, 9.17) is 14.6 Å². The average Bonchev–Trinajstić information content (AvgIpc) is 2.62. The van der Waals surface area contributed by atoms with Crippen LogP contribution >= 0.6 is 0 Å². The minimum atomic E-state index is 0.0567. The molecule has 3 heteroatoms. The minimum Gasteiger partial charge on any atom is -0.396 e. The monoisotopic (exact) mass is 144 g/mol. The van der Waals surface area contributed by atoms with Crippen molar-refractivity contribution < 1.29 is 14.6 Å². The molecule has 2 rings (SSSR count). The Balaban J connectivity index is 1.84. The molecular weight excluding hydrogens is 132 g/mol. The number of aliphatic hydroxyl groups is 1. The van der Waals surface area contributed by atoms with E-state index in [0.717, 1.165) is 13.0 Å². The molecule has 0 radical (unpaired) electrons. The number of hydrogen-bond acceptors (Lipinski definition) is 3. The standard InChI is InChI=1S/C7H12O3/c8-3-7(4-9-5-7)1-6-2-10-6/h6,8H,1-5H2. The molecule has 0 aromatic rings. The molecule has 2 heterocycles. The zero-order chi connectivity index (χ0) is 7.03. The molecule has 1 unspecified atom stereocenters. The highest BCUT2D eigenvalue weighted by molar-refractivity contribution is 4.90. The Labute approximate surface area is 59.9 Å². The van der Waals surface area contributed by atoms with Crippen molar-refractivity contribution in [1.29, 1.82) is 0 Å². The Bertz CT molecular complexity index is 121. The van der Waals surface area contributed by atoms with Gasteiger partial charge in [-0.25, -0.2) is 0 Å². The summed E-state index contributed by atoms with van der Waals surface area (Å²) in [6.07, 6.45) is 1.39. The smallest absolute Gasteiger partial charge is 0.0817 e. The summed E-state index contributed by atoms with van der Waals surface area (Å²) >= 11 is 0. The van der Waals surface area contributed by atoms with Crippen LogP contribution in [0.15, 0.2) is 0 Å². The van der Waals surface area contributed by atoms with E-state index in [0.29, 0.717) is 19.3 Å². The van der Waals surface area contributed by atoms with E-state index in [1.54, 1.807) is 0 Å². The second-order valence-corrected chi connectivity index (χ2v) is 3.31. The molecule has 1 atom stereocenters. The first-order chi connectivity index (χ1) is 4.85. The molecule has 2 saturated heterocycles. The van der Waals surface area contributed by atoms with Gasteiger partial charge in [-0.15, -0.1) is 0 Å². The molecule has 2 aliphatic heterocycles. The molecule has 0 saturated carbocycles. The Morgan fingerprint density at radius 3 is 2.50 bits per heavy atom. The van der Waals surface area contributed by atoms with Crippen molar-refractivity contribution in [3.8, 4) is 0 Å². The Morgan fingerprint density at radius 1 is 1.50 bits per heavy atom. The number of epoxide rings is 1. The minimum absolute atomic E-state index is 0.0567. The molecule has 2 fully saturated rings. The number of ether oxygens (including phenoxy) is 2. The van der Waals surface area contributed by atoms with Gasteiger partial charge < -0.3 is 14.6 Å². The van der Waals surface area contributed by atoms with Crippen molar-refractivity contribution in [3.05, 3.63) is 0 Å². The van der Waals surface area contributed by atoms with Crippen molar-refractivity contribution in [2.24, 2.45) is 5.41 Å². The van der Waals surface area contributed by atoms with Gasteiger partial charge in [-0.05, 0) is 6.42 Å². The van der Waals surface area contributed by atoms with E-state index in [1.165, 1.54) is 0 Å². The van der Waals surface area contributed by atoms with Gasteiger partial charge in [0.1, 0.15) is 0 Å². The van der Waals surface area contributed by atoms with E-state index < -0.39 is 0 Å². The quantitative estimate of drug-likeness (QED) is 0.557. The molecule has 1 N–H and O–H groups in total. The van der Waals surface area contributed by atoms with Crippen LogP contribution in [0.4, 0.5) is 0 Å². The van der Waals surface area contributed by atoms with E-state index in [-0.39, 0.29) is 12.0 Å². The summed E-state index contributed by atoms with van der Waals surface area (Å²) in [6, 6.07) is 0. The van der Waals surface area contributed by atoms with Gasteiger partial charge in [0.05, 0.1) is 32.5 Å². The van der Waals surface area contributed by atoms with Crippen LogP contribution in [0.3, 0.4) is 0 Å². The topological polar surface area (TPSA) is 42.0 Å². The summed E-state index contributed by atoms with van der Waals surface area (Å²) in [7, 11) is 0. The molecule has 3 nitrogen and oxygen atoms in total. The molecule has 0 aromatic carbocycles. The highest BCUT2D eigenvalue weighted by Gasteiger charge is 2.43. The highest BCUT2D eigenvalue weighted by Crippen LogP contribution is 2.35. The summed E-state index contributed by atoms with van der Waals surface area (Å²) in [5.74, 6) is 0. The average molecular weight is 144 g/mol. The van der Waals surface area contributed by atoms with Crippen LogP contribution in [0.25, 0.3) is 0 Å². The zero-order valence-corrected chi connectivity index (χ0v) is 5.88. The third kappa shape index (κ3) is 1.05. The van der Waals surface area contributed by atoms with Gasteiger partial charge in [0.25, 0.3) is 0 Å². The largest absolute Gasteiger partial charge is 0.396 e. The summed E-state index contributed by atoms with van der Waals surface area (Å²) in [4.78, 5) is 0. The summed E-state index contributed by atoms with van der Waals surface area (Å²) in [5, 5.41) is 8.98. The van der Waals surface area contributed by atoms with Gasteiger partial charge in [-0.2, -0.15) is 0 Å². The maximum absolute atomic E-state index is 8.98. The second kappa shape index (κ2) is 2.19. The lowest BCUT2D eigenvalue weighted by molar-refractivity contribution is -0.142. The van der Waals surface area contributed by atoms with Crippen LogP contribution in [0.5, 0.6) is 0 Å². The predicted molar refractivity (Wildman–Crippen MR) is 34.7 cm³/mol. The maximum Gasteiger partial charge on any atom is 0.0817 e. The Hall–Kier alpha value is -0.120. The van der Waals surface area contributed by atoms with Gasteiger partial charge in [-0.1, -0.05) is 0 Å². The highest BCUT2D eigenvalue weighted by atomic mass is 16.6. The fraction of sp³-hybridized carbons (Fsp3) is 1.00. The molecule has 0 amide bonds. The molecule has 0 bridgehead atoms. The van der Waals surface area contributed by atoms with E-state index in [2.05, 4.69) is 0 Å². The summed E-state index contributed by atoms with van der Waals surface area (Å²) in [5.41, 5.74) is 0.0567. The van der Waals surface area contributed by atoms with E-state index >= 15 is 0 Å². The molecule has 58 valence electrons. The van der Waals surface area contributed by atoms with Crippen LogP contribution in [-0.4, -0.2) is 37.6 Å². The molecule has 2 aliphatic rings. The van der Waals surface area contributed by atoms with Crippen molar-refractivity contribution in [2.45, 2.75) is 12.5 Å². The SMILES string of the molecule is OCC1(CC2CO2)COC1. The summed E-state index contributed by atoms with van der Waals surface area (Å²) < 4.78 is 10.1. The van der Waals surface area contributed by atoms with Gasteiger partial charge in [0.15, 0.2) is 0 Å². The first kappa shape index (κ1) is 6.58. The van der Waals surface area contributed by atoms with Crippen LogP contribution in [0.2, 0.25) is 0 Å². The third-order valence-corrected chi connectivity index (χ3v) is 2.21. The molecule has 0 aliphatic carbocycles. The van der Waals surface area contributed by atoms with E-state index in [9.17, 15) is 0 Å². The van der Waals surface area contributed by atoms with E-state index in [1.807, 2.05) is 0 Å². The van der Waals surface area contributed by atoms with Crippen molar-refractivity contribution >= 4 is 0 Å². The zero-order valence-electron chi connectivity index (χ0n) is 5.88. The summed E-state index contributed by atoms with van der Waals surface area (Å²) in [6.45, 7) is 2.54. The fourth-order valence-corrected chi connectivity index (χ4v) is 1.33. The van der Waals surface area contributed by atoms with Gasteiger partial charge >= 0.3 is 0 Å². The Kier molecular flexibility index (Phi) is 1.44. The van der Waals surface area contributed by atoms with Crippen molar-refractivity contribution in [1.82, 2.24) is 0 Å². The maximum atomic E-state index is 8.98. The first-order valence-corrected chi connectivity index (χ1v) is 3.65. The van der Waals surface area contributed by atoms with Crippen LogP contribution in [0, 0.1) is 5.41 Å². The molecular formula is C7H12O3. The van der Waals surface area contributed by atoms with Crippen molar-refractivity contribution in [3.63, 3.8) is 0 Å². The fourth-order valence-electron chi connectivity index (χ4n) is 1.33. The van der Waals surface area contributed by atoms with Crippen molar-refractivity contribution in [2.75, 3.05) is 26.4 Å². The van der Waals surface area contributed by atoms with Gasteiger partial charge in [0.2, 0.25) is 0 Å². The van der Waals surface area contributed by atoms with Crippen LogP contribution < -0.4 is 0 Å². The number of aliphatic hydroxyl groups excluding tert-OH is 1. The third-order valence-electron chi connectivity index (χ3n) is 2.21. The number of rotatable bonds is 3. The predicted octanol–water partition coefficient (Wildman–Crippen LogP) is -0.216. The Morgan fingerprint density at radius 2 is 2.20 bits per heavy atom. The normalized spacial score (nSPS) is 35.1. The first-order valence-electron chi connectivity index (χ1n) is 3.65. The lowest BCUT2D eigenvalue weighted by Gasteiger charge is -2.39. The van der Waals surface area contributed by atoms with Gasteiger partial charge in [0, 0.05) is 5.41 Å². The second-order valence-electron chi connectivity index (χ2n) is 3.31. The van der Waals surface area contributed by atoms with Crippen LogP contribution in [0.1, 0.15) is 6.42 Å². The lowest BCUT2D eigenvalue weighted by Crippen LogP contribution is -2.46. The molecule has 0 aromatic heterocycles. The number of hydrogen-bond donors (Lipinski definition) is 1. The van der Waals surface area contributed by atoms with Gasteiger partial charge in [-0.3, -0.25) is 0 Å². The van der Waals surface area contributed by atoms with Crippen LogP contribution in [-0.2, 0) is 9.47 Å². The lowest BCUT2D eigenvalue weighted by atomic mass is 9.82.